The predicted molar refractivity (Wildman–Crippen MR) is 148 cm³/mol. The van der Waals surface area contributed by atoms with E-state index < -0.39 is 18.1 Å². The van der Waals surface area contributed by atoms with Gasteiger partial charge in [0.15, 0.2) is 0 Å². The number of methoxy groups -OCH3 is 2. The van der Waals surface area contributed by atoms with Crippen LogP contribution in [0.2, 0.25) is 0 Å². The lowest BCUT2D eigenvalue weighted by Crippen LogP contribution is -2.54. The van der Waals surface area contributed by atoms with Gasteiger partial charge in [0, 0.05) is 34.4 Å². The summed E-state index contributed by atoms with van der Waals surface area (Å²) in [5.74, 6) is -1.35. The Morgan fingerprint density at radius 2 is 1.74 bits per heavy atom. The molecule has 0 aliphatic carbocycles. The molecule has 0 spiro atoms. The molecule has 1 fully saturated rings. The molecule has 0 aromatic carbocycles. The van der Waals surface area contributed by atoms with Crippen molar-refractivity contribution in [3.63, 3.8) is 0 Å². The third-order valence-corrected chi connectivity index (χ3v) is 7.61. The lowest BCUT2D eigenvalue weighted by molar-refractivity contribution is -0.145. The molecule has 6 atom stereocenters. The summed E-state index contributed by atoms with van der Waals surface area (Å²) in [6, 6.07) is -0.659. The Morgan fingerprint density at radius 3 is 2.28 bits per heavy atom. The molecule has 1 saturated heterocycles. The third-order valence-electron chi connectivity index (χ3n) is 7.61. The second-order valence-corrected chi connectivity index (χ2v) is 10.7. The second kappa shape index (κ2) is 17.4. The van der Waals surface area contributed by atoms with Crippen molar-refractivity contribution in [3.05, 3.63) is 0 Å². The first kappa shape index (κ1) is 34.7. The van der Waals surface area contributed by atoms with Crippen molar-refractivity contribution in [1.82, 2.24) is 25.3 Å². The smallest absolute Gasteiger partial charge is 0.242 e. The first-order valence-corrected chi connectivity index (χ1v) is 13.8. The summed E-state index contributed by atoms with van der Waals surface area (Å²) < 4.78 is 11.5. The highest BCUT2D eigenvalue weighted by molar-refractivity contribution is 5.86. The zero-order valence-electron chi connectivity index (χ0n) is 25.1. The van der Waals surface area contributed by atoms with Gasteiger partial charge in [-0.05, 0) is 32.9 Å². The van der Waals surface area contributed by atoms with E-state index in [0.29, 0.717) is 13.0 Å². The SMILES string of the molecule is CCC(C)C(C(CC(=O)N1CCCC1C(OC)C(C)C(=O)NCCO)OC)N(C)C(=O)CNC(=O)CN(C)C. The largest absolute Gasteiger partial charge is 0.395 e. The molecule has 0 radical (unpaired) electrons. The summed E-state index contributed by atoms with van der Waals surface area (Å²) in [5, 5.41) is 14.4. The Hall–Kier alpha value is -2.28. The molecule has 4 amide bonds. The van der Waals surface area contributed by atoms with Gasteiger partial charge in [-0.1, -0.05) is 27.2 Å². The number of hydrogen-bond donors (Lipinski definition) is 3. The first-order valence-electron chi connectivity index (χ1n) is 13.8. The number of carbonyl (C=O) groups excluding carboxylic acids is 4. The Labute approximate surface area is 233 Å². The fraction of sp³-hybridized carbons (Fsp3) is 0.852. The standard InChI is InChI=1S/C27H51N5O7/c1-9-18(2)25(31(6)24(36)16-29-22(34)17-30(4)5)21(38-7)15-23(35)32-13-10-11-20(32)26(39-8)19(3)27(37)28-12-14-33/h18-21,25-26,33H,9-17H2,1-8H3,(H,28,37)(H,29,34). The minimum absolute atomic E-state index is 0.0329. The summed E-state index contributed by atoms with van der Waals surface area (Å²) in [4.78, 5) is 56.3. The van der Waals surface area contributed by atoms with E-state index in [1.54, 1.807) is 42.8 Å². The van der Waals surface area contributed by atoms with Crippen molar-refractivity contribution in [1.29, 1.82) is 0 Å². The number of rotatable bonds is 17. The van der Waals surface area contributed by atoms with Gasteiger partial charge >= 0.3 is 0 Å². The summed E-state index contributed by atoms with van der Waals surface area (Å²) in [6.45, 7) is 6.39. The molecule has 1 aliphatic heterocycles. The highest BCUT2D eigenvalue weighted by Crippen LogP contribution is 2.29. The number of nitrogens with one attached hydrogen (secondary N) is 2. The summed E-state index contributed by atoms with van der Waals surface area (Å²) in [5.41, 5.74) is 0. The number of amides is 4. The minimum Gasteiger partial charge on any atom is -0.395 e. The van der Waals surface area contributed by atoms with Crippen molar-refractivity contribution < 1.29 is 33.8 Å². The number of ether oxygens (including phenoxy) is 2. The molecule has 1 rings (SSSR count). The molecular formula is C27H51N5O7. The number of carbonyl (C=O) groups is 4. The topological polar surface area (TPSA) is 141 Å². The van der Waals surface area contributed by atoms with Gasteiger partial charge in [0.2, 0.25) is 23.6 Å². The highest BCUT2D eigenvalue weighted by atomic mass is 16.5. The van der Waals surface area contributed by atoms with Crippen LogP contribution in [-0.2, 0) is 28.7 Å². The van der Waals surface area contributed by atoms with Crippen LogP contribution in [-0.4, -0.2) is 136 Å². The normalized spacial score (nSPS) is 19.2. The van der Waals surface area contributed by atoms with Gasteiger partial charge < -0.3 is 39.9 Å². The van der Waals surface area contributed by atoms with E-state index in [1.165, 1.54) is 14.2 Å². The van der Waals surface area contributed by atoms with Crippen LogP contribution in [0.25, 0.3) is 0 Å². The maximum absolute atomic E-state index is 13.6. The molecule has 39 heavy (non-hydrogen) atoms. The highest BCUT2D eigenvalue weighted by Gasteiger charge is 2.41. The molecule has 1 heterocycles. The van der Waals surface area contributed by atoms with Gasteiger partial charge in [-0.15, -0.1) is 0 Å². The van der Waals surface area contributed by atoms with Crippen LogP contribution >= 0.6 is 0 Å². The molecule has 0 aromatic rings. The Kier molecular flexibility index (Phi) is 15.5. The molecular weight excluding hydrogens is 506 g/mol. The number of aliphatic hydroxyl groups excluding tert-OH is 1. The van der Waals surface area contributed by atoms with Crippen molar-refractivity contribution in [2.75, 3.05) is 68.1 Å². The van der Waals surface area contributed by atoms with Crippen LogP contribution in [0.4, 0.5) is 0 Å². The van der Waals surface area contributed by atoms with Crippen molar-refractivity contribution >= 4 is 23.6 Å². The Morgan fingerprint density at radius 1 is 1.08 bits per heavy atom. The molecule has 0 bridgehead atoms. The fourth-order valence-corrected chi connectivity index (χ4v) is 5.31. The van der Waals surface area contributed by atoms with E-state index in [4.69, 9.17) is 14.6 Å². The van der Waals surface area contributed by atoms with Crippen molar-refractivity contribution in [3.8, 4) is 0 Å². The summed E-state index contributed by atoms with van der Waals surface area (Å²) in [7, 11) is 8.31. The fourth-order valence-electron chi connectivity index (χ4n) is 5.31. The Balaban J connectivity index is 3.01. The quantitative estimate of drug-likeness (QED) is 0.221. The molecule has 3 N–H and O–H groups in total. The van der Waals surface area contributed by atoms with E-state index in [1.807, 2.05) is 13.8 Å². The van der Waals surface area contributed by atoms with Crippen LogP contribution in [0.15, 0.2) is 0 Å². The summed E-state index contributed by atoms with van der Waals surface area (Å²) in [6.07, 6.45) is 1.26. The molecule has 0 aromatic heterocycles. The van der Waals surface area contributed by atoms with Crippen LogP contribution in [0.1, 0.15) is 46.5 Å². The lowest BCUT2D eigenvalue weighted by atomic mass is 9.90. The molecule has 12 heteroatoms. The van der Waals surface area contributed by atoms with Gasteiger partial charge in [0.05, 0.1) is 56.3 Å². The molecule has 6 unspecified atom stereocenters. The summed E-state index contributed by atoms with van der Waals surface area (Å²) >= 11 is 0. The van der Waals surface area contributed by atoms with Crippen LogP contribution in [0.5, 0.6) is 0 Å². The van der Waals surface area contributed by atoms with E-state index in [2.05, 4.69) is 10.6 Å². The second-order valence-electron chi connectivity index (χ2n) is 10.7. The number of hydrogen-bond acceptors (Lipinski definition) is 8. The van der Waals surface area contributed by atoms with Crippen molar-refractivity contribution in [2.24, 2.45) is 11.8 Å². The third kappa shape index (κ3) is 10.3. The van der Waals surface area contributed by atoms with Crippen LogP contribution < -0.4 is 10.6 Å². The van der Waals surface area contributed by atoms with Gasteiger partial charge in [-0.2, -0.15) is 0 Å². The van der Waals surface area contributed by atoms with Crippen LogP contribution in [0, 0.1) is 11.8 Å². The van der Waals surface area contributed by atoms with Crippen molar-refractivity contribution in [2.45, 2.75) is 70.7 Å². The number of likely N-dealkylation sites (tertiary alicyclic amines) is 1. The maximum atomic E-state index is 13.6. The molecule has 12 nitrogen and oxygen atoms in total. The molecule has 1 aliphatic rings. The van der Waals surface area contributed by atoms with Crippen LogP contribution in [0.3, 0.4) is 0 Å². The van der Waals surface area contributed by atoms with E-state index in [-0.39, 0.29) is 74.3 Å². The average molecular weight is 558 g/mol. The number of likely N-dealkylation sites (N-methyl/N-ethyl adjacent to an activating group) is 2. The minimum atomic E-state index is -0.564. The Bertz CT molecular complexity index is 796. The lowest BCUT2D eigenvalue weighted by Gasteiger charge is -2.39. The molecule has 0 saturated carbocycles. The maximum Gasteiger partial charge on any atom is 0.242 e. The predicted octanol–water partition coefficient (Wildman–Crippen LogP) is -0.307. The van der Waals surface area contributed by atoms with Gasteiger partial charge in [0.25, 0.3) is 0 Å². The molecule has 226 valence electrons. The van der Waals surface area contributed by atoms with E-state index >= 15 is 0 Å². The monoisotopic (exact) mass is 557 g/mol. The zero-order chi connectivity index (χ0) is 29.7. The van der Waals surface area contributed by atoms with E-state index in [9.17, 15) is 19.2 Å². The van der Waals surface area contributed by atoms with Gasteiger partial charge in [-0.3, -0.25) is 19.2 Å². The van der Waals surface area contributed by atoms with Gasteiger partial charge in [0.1, 0.15) is 0 Å². The first-order chi connectivity index (χ1) is 18.4. The van der Waals surface area contributed by atoms with Gasteiger partial charge in [-0.25, -0.2) is 0 Å². The van der Waals surface area contributed by atoms with E-state index in [0.717, 1.165) is 12.8 Å². The number of aliphatic hydroxyl groups is 1. The average Bonchev–Trinajstić information content (AvgIpc) is 3.39. The number of nitrogens with zero attached hydrogens (tertiary/aromatic N) is 3. The zero-order valence-corrected chi connectivity index (χ0v) is 25.1.